The van der Waals surface area contributed by atoms with Gasteiger partial charge in [0.05, 0.1) is 0 Å². The van der Waals surface area contributed by atoms with Gasteiger partial charge in [0.1, 0.15) is 11.3 Å². The molecule has 5 heteroatoms. The molecule has 0 radical (unpaired) electrons. The molecule has 1 aliphatic heterocycles. The number of nitrogens with zero attached hydrogens (tertiary/aromatic N) is 1. The van der Waals surface area contributed by atoms with Crippen LogP contribution >= 0.6 is 11.6 Å². The quantitative estimate of drug-likeness (QED) is 0.621. The van der Waals surface area contributed by atoms with Crippen LogP contribution in [0.2, 0.25) is 5.02 Å². The minimum absolute atomic E-state index is 0.243. The highest BCUT2D eigenvalue weighted by Gasteiger charge is 2.41. The maximum absolute atomic E-state index is 12.6. The topological polar surface area (TPSA) is 21.6 Å². The van der Waals surface area contributed by atoms with Gasteiger partial charge in [0, 0.05) is 17.0 Å². The molecule has 1 saturated carbocycles. The SMILES string of the molecule is FC(F)=C1CCC2(CC1)CC(C#Cc1cccc(Cl)c1)=NO2. The molecule has 1 spiro atoms. The average molecular weight is 322 g/mol. The van der Waals surface area contributed by atoms with E-state index in [2.05, 4.69) is 17.0 Å². The van der Waals surface area contributed by atoms with Crippen LogP contribution in [0.1, 0.15) is 37.7 Å². The minimum Gasteiger partial charge on any atom is -0.388 e. The van der Waals surface area contributed by atoms with Crippen LogP contribution in [0.25, 0.3) is 0 Å². The zero-order chi connectivity index (χ0) is 15.6. The molecule has 2 aliphatic rings. The summed E-state index contributed by atoms with van der Waals surface area (Å²) < 4.78 is 25.2. The molecule has 1 aliphatic carbocycles. The average Bonchev–Trinajstić information content (AvgIpc) is 2.89. The van der Waals surface area contributed by atoms with Gasteiger partial charge in [-0.1, -0.05) is 28.7 Å². The summed E-state index contributed by atoms with van der Waals surface area (Å²) in [6.45, 7) is 0. The Balaban J connectivity index is 1.65. The van der Waals surface area contributed by atoms with E-state index in [1.807, 2.05) is 12.1 Å². The maximum Gasteiger partial charge on any atom is 0.269 e. The highest BCUT2D eigenvalue weighted by atomic mass is 35.5. The summed E-state index contributed by atoms with van der Waals surface area (Å²) in [5, 5.41) is 4.66. The van der Waals surface area contributed by atoms with E-state index in [0.29, 0.717) is 42.8 Å². The van der Waals surface area contributed by atoms with Crippen molar-refractivity contribution >= 4 is 17.3 Å². The molecule has 0 bridgehead atoms. The van der Waals surface area contributed by atoms with Crippen LogP contribution < -0.4 is 0 Å². The smallest absolute Gasteiger partial charge is 0.269 e. The first-order valence-corrected chi connectivity index (χ1v) is 7.50. The molecule has 0 amide bonds. The Morgan fingerprint density at radius 3 is 2.68 bits per heavy atom. The van der Waals surface area contributed by atoms with Crippen molar-refractivity contribution in [2.24, 2.45) is 5.16 Å². The van der Waals surface area contributed by atoms with E-state index in [9.17, 15) is 8.78 Å². The number of hydrogen-bond donors (Lipinski definition) is 0. The van der Waals surface area contributed by atoms with Crippen LogP contribution in [0.4, 0.5) is 8.78 Å². The molecule has 114 valence electrons. The summed E-state index contributed by atoms with van der Waals surface area (Å²) in [6, 6.07) is 7.27. The van der Waals surface area contributed by atoms with Crippen molar-refractivity contribution in [2.45, 2.75) is 37.7 Å². The lowest BCUT2D eigenvalue weighted by molar-refractivity contribution is -0.0386. The molecule has 1 fully saturated rings. The first-order chi connectivity index (χ1) is 10.6. The van der Waals surface area contributed by atoms with Crippen molar-refractivity contribution in [2.75, 3.05) is 0 Å². The Bertz CT molecular complexity index is 701. The predicted octanol–water partition coefficient (Wildman–Crippen LogP) is 4.93. The number of benzene rings is 1. The van der Waals surface area contributed by atoms with E-state index in [4.69, 9.17) is 16.4 Å². The van der Waals surface area contributed by atoms with Crippen LogP contribution in [0.5, 0.6) is 0 Å². The first kappa shape index (κ1) is 15.1. The predicted molar refractivity (Wildman–Crippen MR) is 81.9 cm³/mol. The maximum atomic E-state index is 12.6. The number of allylic oxidation sites excluding steroid dienone is 1. The molecule has 3 rings (SSSR count). The summed E-state index contributed by atoms with van der Waals surface area (Å²) in [6.07, 6.45) is 0.896. The number of oxime groups is 1. The second-order valence-electron chi connectivity index (χ2n) is 5.61. The third-order valence-corrected chi connectivity index (χ3v) is 4.28. The van der Waals surface area contributed by atoms with Crippen molar-refractivity contribution in [3.8, 4) is 11.8 Å². The highest BCUT2D eigenvalue weighted by molar-refractivity contribution is 6.30. The summed E-state index contributed by atoms with van der Waals surface area (Å²) in [5.74, 6) is 5.99. The van der Waals surface area contributed by atoms with Crippen LogP contribution in [-0.2, 0) is 4.84 Å². The zero-order valence-electron chi connectivity index (χ0n) is 11.8. The number of halogens is 3. The van der Waals surface area contributed by atoms with E-state index >= 15 is 0 Å². The van der Waals surface area contributed by atoms with Gasteiger partial charge in [-0.2, -0.15) is 8.78 Å². The van der Waals surface area contributed by atoms with Crippen molar-refractivity contribution in [1.29, 1.82) is 0 Å². The largest absolute Gasteiger partial charge is 0.388 e. The molecule has 0 unspecified atom stereocenters. The van der Waals surface area contributed by atoms with E-state index in [1.165, 1.54) is 0 Å². The van der Waals surface area contributed by atoms with Gasteiger partial charge in [0.2, 0.25) is 0 Å². The van der Waals surface area contributed by atoms with Gasteiger partial charge in [-0.25, -0.2) is 0 Å². The Hall–Kier alpha value is -1.86. The zero-order valence-corrected chi connectivity index (χ0v) is 12.6. The minimum atomic E-state index is -1.55. The normalized spacial score (nSPS) is 23.6. The fourth-order valence-corrected chi connectivity index (χ4v) is 2.95. The second-order valence-corrected chi connectivity index (χ2v) is 6.05. The Morgan fingerprint density at radius 2 is 2.00 bits per heavy atom. The Kier molecular flexibility index (Phi) is 4.17. The van der Waals surface area contributed by atoms with Gasteiger partial charge in [-0.3, -0.25) is 0 Å². The first-order valence-electron chi connectivity index (χ1n) is 7.12. The standard InChI is InChI=1S/C17H14ClF2NO/c18-14-3-1-2-12(10-14)4-5-15-11-17(22-21-15)8-6-13(7-9-17)16(19)20/h1-3,10H,6-9,11H2. The summed E-state index contributed by atoms with van der Waals surface area (Å²) in [5.41, 5.74) is 1.27. The Labute approximate surface area is 132 Å². The Morgan fingerprint density at radius 1 is 1.23 bits per heavy atom. The number of hydrogen-bond acceptors (Lipinski definition) is 2. The van der Waals surface area contributed by atoms with Gasteiger partial charge in [0.25, 0.3) is 6.08 Å². The third kappa shape index (κ3) is 3.31. The summed E-state index contributed by atoms with van der Waals surface area (Å²) in [7, 11) is 0. The van der Waals surface area contributed by atoms with Crippen molar-refractivity contribution < 1.29 is 13.6 Å². The molecular formula is C17H14ClF2NO. The molecule has 0 aromatic heterocycles. The van der Waals surface area contributed by atoms with Gasteiger partial charge in [-0.05, 0) is 55.4 Å². The van der Waals surface area contributed by atoms with Crippen LogP contribution in [-0.4, -0.2) is 11.3 Å². The van der Waals surface area contributed by atoms with Gasteiger partial charge < -0.3 is 4.84 Å². The molecule has 1 aromatic carbocycles. The molecule has 0 saturated heterocycles. The second kappa shape index (κ2) is 6.10. The van der Waals surface area contributed by atoms with E-state index < -0.39 is 11.7 Å². The molecule has 0 atom stereocenters. The van der Waals surface area contributed by atoms with Crippen molar-refractivity contribution in [1.82, 2.24) is 0 Å². The fourth-order valence-electron chi connectivity index (χ4n) is 2.76. The molecule has 0 N–H and O–H groups in total. The lowest BCUT2D eigenvalue weighted by Gasteiger charge is -2.31. The fraction of sp³-hybridized carbons (Fsp3) is 0.353. The third-order valence-electron chi connectivity index (χ3n) is 4.05. The van der Waals surface area contributed by atoms with E-state index in [0.717, 1.165) is 5.56 Å². The number of rotatable bonds is 0. The summed E-state index contributed by atoms with van der Waals surface area (Å²) in [4.78, 5) is 5.53. The molecule has 1 aromatic rings. The summed E-state index contributed by atoms with van der Waals surface area (Å²) >= 11 is 5.91. The molecule has 22 heavy (non-hydrogen) atoms. The van der Waals surface area contributed by atoms with Gasteiger partial charge >= 0.3 is 0 Å². The molecule has 1 heterocycles. The van der Waals surface area contributed by atoms with Crippen LogP contribution in [0, 0.1) is 11.8 Å². The lowest BCUT2D eigenvalue weighted by Crippen LogP contribution is -2.32. The monoisotopic (exact) mass is 321 g/mol. The van der Waals surface area contributed by atoms with E-state index in [1.54, 1.807) is 12.1 Å². The molecular weight excluding hydrogens is 308 g/mol. The van der Waals surface area contributed by atoms with Gasteiger partial charge in [-0.15, -0.1) is 0 Å². The van der Waals surface area contributed by atoms with Gasteiger partial charge in [0.15, 0.2) is 0 Å². The van der Waals surface area contributed by atoms with E-state index in [-0.39, 0.29) is 5.57 Å². The van der Waals surface area contributed by atoms with Crippen molar-refractivity contribution in [3.05, 3.63) is 46.5 Å². The van der Waals surface area contributed by atoms with Crippen LogP contribution in [0.15, 0.2) is 41.1 Å². The highest BCUT2D eigenvalue weighted by Crippen LogP contribution is 2.41. The van der Waals surface area contributed by atoms with Crippen molar-refractivity contribution in [3.63, 3.8) is 0 Å². The molecule has 2 nitrogen and oxygen atoms in total. The van der Waals surface area contributed by atoms with Crippen LogP contribution in [0.3, 0.4) is 0 Å². The lowest BCUT2D eigenvalue weighted by atomic mass is 9.79.